The summed E-state index contributed by atoms with van der Waals surface area (Å²) in [6.45, 7) is 5.90. The molecule has 1 aromatic rings. The van der Waals surface area contributed by atoms with Gasteiger partial charge in [-0.15, -0.1) is 0 Å². The smallest absolute Gasteiger partial charge is 0.209 e. The van der Waals surface area contributed by atoms with Gasteiger partial charge in [0.15, 0.2) is 0 Å². The average molecular weight is 342 g/mol. The van der Waals surface area contributed by atoms with E-state index in [0.29, 0.717) is 6.61 Å². The maximum atomic E-state index is 11.6. The third-order valence-corrected chi connectivity index (χ3v) is 5.86. The lowest BCUT2D eigenvalue weighted by molar-refractivity contribution is -0.0452. The van der Waals surface area contributed by atoms with Crippen molar-refractivity contribution in [3.8, 4) is 0 Å². The van der Waals surface area contributed by atoms with E-state index in [0.717, 1.165) is 57.0 Å². The molecule has 0 amide bonds. The first-order valence-electron chi connectivity index (χ1n) is 8.19. The van der Waals surface area contributed by atoms with Crippen LogP contribution in [0.1, 0.15) is 30.8 Å². The van der Waals surface area contributed by atoms with Crippen LogP contribution in [-0.4, -0.2) is 51.9 Å². The van der Waals surface area contributed by atoms with Crippen molar-refractivity contribution in [3.05, 3.63) is 23.7 Å². The van der Waals surface area contributed by atoms with Crippen LogP contribution in [0.5, 0.6) is 0 Å². The predicted molar refractivity (Wildman–Crippen MR) is 87.6 cm³/mol. The molecule has 1 aromatic heterocycles. The van der Waals surface area contributed by atoms with E-state index in [-0.39, 0.29) is 11.5 Å². The van der Waals surface area contributed by atoms with Crippen molar-refractivity contribution in [1.29, 1.82) is 0 Å². The van der Waals surface area contributed by atoms with Crippen LogP contribution in [0.4, 0.5) is 0 Å². The summed E-state index contributed by atoms with van der Waals surface area (Å²) in [5, 5.41) is 0. The van der Waals surface area contributed by atoms with Gasteiger partial charge in [-0.25, -0.2) is 13.1 Å². The van der Waals surface area contributed by atoms with Crippen molar-refractivity contribution in [3.63, 3.8) is 0 Å². The molecule has 3 rings (SSSR count). The van der Waals surface area contributed by atoms with Gasteiger partial charge < -0.3 is 9.15 Å². The van der Waals surface area contributed by atoms with Crippen LogP contribution in [0.15, 0.2) is 16.5 Å². The minimum absolute atomic E-state index is 0.0247. The van der Waals surface area contributed by atoms with E-state index in [1.165, 1.54) is 6.26 Å². The fourth-order valence-corrected chi connectivity index (χ4v) is 4.63. The topological polar surface area (TPSA) is 71.8 Å². The van der Waals surface area contributed by atoms with E-state index in [4.69, 9.17) is 9.15 Å². The highest BCUT2D eigenvalue weighted by Gasteiger charge is 2.44. The molecule has 1 N–H and O–H groups in total. The first kappa shape index (κ1) is 17.0. The molecule has 130 valence electrons. The Morgan fingerprint density at radius 3 is 2.65 bits per heavy atom. The van der Waals surface area contributed by atoms with E-state index in [2.05, 4.69) is 9.62 Å². The number of piperidine rings is 1. The summed E-state index contributed by atoms with van der Waals surface area (Å²) < 4.78 is 37.3. The van der Waals surface area contributed by atoms with E-state index in [1.54, 1.807) is 0 Å². The number of nitrogens with zero attached hydrogens (tertiary/aromatic N) is 1. The van der Waals surface area contributed by atoms with Gasteiger partial charge in [0, 0.05) is 6.61 Å². The molecule has 7 heteroatoms. The van der Waals surface area contributed by atoms with E-state index in [1.807, 2.05) is 19.1 Å². The van der Waals surface area contributed by atoms with Gasteiger partial charge in [0.1, 0.15) is 11.5 Å². The lowest BCUT2D eigenvalue weighted by atomic mass is 9.69. The number of furan rings is 1. The highest BCUT2D eigenvalue weighted by atomic mass is 32.2. The molecule has 6 nitrogen and oxygen atoms in total. The number of sulfonamides is 1. The lowest BCUT2D eigenvalue weighted by Crippen LogP contribution is -2.57. The Hall–Kier alpha value is -0.890. The molecule has 3 heterocycles. The molecule has 0 bridgehead atoms. The van der Waals surface area contributed by atoms with Crippen molar-refractivity contribution >= 4 is 10.0 Å². The molecule has 1 spiro atoms. The van der Waals surface area contributed by atoms with E-state index < -0.39 is 10.0 Å². The van der Waals surface area contributed by atoms with Crippen molar-refractivity contribution < 1.29 is 17.6 Å². The highest BCUT2D eigenvalue weighted by Crippen LogP contribution is 2.41. The molecular formula is C16H26N2O4S. The summed E-state index contributed by atoms with van der Waals surface area (Å²) in [7, 11) is -3.22. The minimum Gasteiger partial charge on any atom is -0.465 e. The number of hydrogen-bond acceptors (Lipinski definition) is 5. The second kappa shape index (κ2) is 6.55. The van der Waals surface area contributed by atoms with E-state index >= 15 is 0 Å². The molecule has 2 aliphatic heterocycles. The van der Waals surface area contributed by atoms with Crippen LogP contribution < -0.4 is 4.72 Å². The summed E-state index contributed by atoms with van der Waals surface area (Å²) in [5.41, 5.74) is 0.0247. The van der Waals surface area contributed by atoms with Crippen LogP contribution in [0.3, 0.4) is 0 Å². The Morgan fingerprint density at radius 2 is 2.04 bits per heavy atom. The maximum absolute atomic E-state index is 11.6. The fourth-order valence-electron chi connectivity index (χ4n) is 3.79. The SMILES string of the molecule is Cc1ccc(CN2CCC3(CCOC[C@@H]3NS(C)(=O)=O)CC2)o1. The molecule has 1 atom stereocenters. The summed E-state index contributed by atoms with van der Waals surface area (Å²) in [6.07, 6.45) is 4.13. The third kappa shape index (κ3) is 4.15. The number of likely N-dealkylation sites (tertiary alicyclic amines) is 1. The molecule has 2 aliphatic rings. The Bertz CT molecular complexity index is 632. The molecule has 2 saturated heterocycles. The first-order valence-corrected chi connectivity index (χ1v) is 10.1. The van der Waals surface area contributed by atoms with Gasteiger partial charge in [-0.1, -0.05) is 0 Å². The normalized spacial score (nSPS) is 25.7. The summed E-state index contributed by atoms with van der Waals surface area (Å²) in [6, 6.07) is 3.91. The number of hydrogen-bond donors (Lipinski definition) is 1. The molecule has 0 aliphatic carbocycles. The summed E-state index contributed by atoms with van der Waals surface area (Å²) >= 11 is 0. The van der Waals surface area contributed by atoms with Crippen molar-refractivity contribution in [2.75, 3.05) is 32.6 Å². The lowest BCUT2D eigenvalue weighted by Gasteiger charge is -2.48. The molecule has 0 unspecified atom stereocenters. The van der Waals surface area contributed by atoms with Crippen molar-refractivity contribution in [2.45, 2.75) is 38.8 Å². The standard InChI is InChI=1S/C16H26N2O4S/c1-13-3-4-14(22-13)11-18-8-5-16(6-9-18)7-10-21-12-15(16)17-23(2,19)20/h3-4,15,17H,5-12H2,1-2H3/t15-/m0/s1. The minimum atomic E-state index is -3.22. The van der Waals surface area contributed by atoms with Crippen LogP contribution in [0, 0.1) is 12.3 Å². The largest absolute Gasteiger partial charge is 0.465 e. The first-order chi connectivity index (χ1) is 10.9. The van der Waals surface area contributed by atoms with Crippen LogP contribution in [0.2, 0.25) is 0 Å². The van der Waals surface area contributed by atoms with Crippen molar-refractivity contribution in [2.24, 2.45) is 5.41 Å². The van der Waals surface area contributed by atoms with Gasteiger partial charge in [0.05, 0.1) is 25.4 Å². The van der Waals surface area contributed by atoms with Gasteiger partial charge in [-0.2, -0.15) is 0 Å². The molecule has 0 radical (unpaired) electrons. The van der Waals surface area contributed by atoms with Gasteiger partial charge in [-0.3, -0.25) is 4.90 Å². The average Bonchev–Trinajstić information content (AvgIpc) is 2.88. The Kier molecular flexibility index (Phi) is 4.83. The van der Waals surface area contributed by atoms with Gasteiger partial charge in [0.25, 0.3) is 0 Å². The zero-order chi connectivity index (χ0) is 16.5. The zero-order valence-corrected chi connectivity index (χ0v) is 14.7. The fraction of sp³-hybridized carbons (Fsp3) is 0.750. The molecule has 0 saturated carbocycles. The monoisotopic (exact) mass is 342 g/mol. The van der Waals surface area contributed by atoms with Gasteiger partial charge in [0.2, 0.25) is 10.0 Å². The molecule has 2 fully saturated rings. The number of ether oxygens (including phenoxy) is 1. The number of aryl methyl sites for hydroxylation is 1. The summed E-state index contributed by atoms with van der Waals surface area (Å²) in [4.78, 5) is 2.39. The Balaban J connectivity index is 1.63. The number of rotatable bonds is 4. The molecular weight excluding hydrogens is 316 g/mol. The van der Waals surface area contributed by atoms with E-state index in [9.17, 15) is 8.42 Å². The highest BCUT2D eigenvalue weighted by molar-refractivity contribution is 7.88. The second-order valence-electron chi connectivity index (χ2n) is 6.92. The maximum Gasteiger partial charge on any atom is 0.209 e. The van der Waals surface area contributed by atoms with Crippen LogP contribution in [-0.2, 0) is 21.3 Å². The van der Waals surface area contributed by atoms with Crippen molar-refractivity contribution in [1.82, 2.24) is 9.62 Å². The zero-order valence-electron chi connectivity index (χ0n) is 13.9. The van der Waals surface area contributed by atoms with Gasteiger partial charge in [-0.05, 0) is 56.8 Å². The Morgan fingerprint density at radius 1 is 1.30 bits per heavy atom. The predicted octanol–water partition coefficient (Wildman–Crippen LogP) is 1.51. The van der Waals surface area contributed by atoms with Gasteiger partial charge >= 0.3 is 0 Å². The third-order valence-electron chi connectivity index (χ3n) is 5.15. The summed E-state index contributed by atoms with van der Waals surface area (Å²) in [5.74, 6) is 1.94. The Labute approximate surface area is 138 Å². The molecule has 0 aromatic carbocycles. The van der Waals surface area contributed by atoms with Crippen LogP contribution >= 0.6 is 0 Å². The van der Waals surface area contributed by atoms with Crippen LogP contribution in [0.25, 0.3) is 0 Å². The molecule has 23 heavy (non-hydrogen) atoms. The number of nitrogens with one attached hydrogen (secondary N) is 1. The second-order valence-corrected chi connectivity index (χ2v) is 8.70. The quantitative estimate of drug-likeness (QED) is 0.898.